The molecule has 1 aliphatic heterocycles. The van der Waals surface area contributed by atoms with Gasteiger partial charge in [-0.1, -0.05) is 0 Å². The zero-order chi connectivity index (χ0) is 15.6. The van der Waals surface area contributed by atoms with Gasteiger partial charge in [0.2, 0.25) is 5.95 Å². The predicted molar refractivity (Wildman–Crippen MR) is 82.5 cm³/mol. The highest BCUT2D eigenvalue weighted by Crippen LogP contribution is 2.29. The second-order valence-corrected chi connectivity index (χ2v) is 6.31. The molecular weight excluding hydrogens is 297 g/mol. The Morgan fingerprint density at radius 2 is 2.09 bits per heavy atom. The van der Waals surface area contributed by atoms with Crippen molar-refractivity contribution in [2.75, 3.05) is 24.7 Å². The van der Waals surface area contributed by atoms with Crippen LogP contribution in [0.25, 0.3) is 0 Å². The van der Waals surface area contributed by atoms with E-state index in [-0.39, 0.29) is 6.04 Å². The number of hydrogen-bond acceptors (Lipinski definition) is 5. The Bertz CT molecular complexity index is 655. The summed E-state index contributed by atoms with van der Waals surface area (Å²) in [5.74, 6) is 0.925. The van der Waals surface area contributed by atoms with Gasteiger partial charge in [0, 0.05) is 26.0 Å². The lowest BCUT2D eigenvalue weighted by Crippen LogP contribution is -2.39. The third-order valence-electron chi connectivity index (χ3n) is 4.42. The summed E-state index contributed by atoms with van der Waals surface area (Å²) in [6.07, 6.45) is 7.76. The van der Waals surface area contributed by atoms with E-state index in [1.807, 2.05) is 12.3 Å². The monoisotopic (exact) mass is 317 g/mol. The van der Waals surface area contributed by atoms with Crippen LogP contribution in [-0.2, 0) is 11.3 Å². The number of rotatable bonds is 6. The minimum atomic E-state index is -0.416. The summed E-state index contributed by atoms with van der Waals surface area (Å²) < 4.78 is 20.9. The first kappa shape index (κ1) is 14.6. The summed E-state index contributed by atoms with van der Waals surface area (Å²) in [6.45, 7) is 3.06. The molecule has 0 bridgehead atoms. The molecule has 0 saturated heterocycles. The number of aromatic nitrogens is 4. The van der Waals surface area contributed by atoms with Crippen LogP contribution in [0.4, 0.5) is 10.3 Å². The van der Waals surface area contributed by atoms with Gasteiger partial charge in [-0.2, -0.15) is 5.10 Å². The molecule has 1 fully saturated rings. The average molecular weight is 317 g/mol. The molecule has 0 aromatic carbocycles. The third-order valence-corrected chi connectivity index (χ3v) is 4.42. The second kappa shape index (κ2) is 6.23. The first-order valence-corrected chi connectivity index (χ1v) is 8.12. The number of fused-ring (bicyclic) bond motifs is 1. The van der Waals surface area contributed by atoms with Crippen LogP contribution in [0, 0.1) is 11.7 Å². The van der Waals surface area contributed by atoms with E-state index in [9.17, 15) is 4.39 Å². The zero-order valence-electron chi connectivity index (χ0n) is 12.9. The molecule has 0 radical (unpaired) electrons. The number of ether oxygens (including phenoxy) is 1. The van der Waals surface area contributed by atoms with E-state index < -0.39 is 5.82 Å². The normalized spacial score (nSPS) is 20.6. The van der Waals surface area contributed by atoms with E-state index in [0.29, 0.717) is 12.5 Å². The Morgan fingerprint density at radius 3 is 2.87 bits per heavy atom. The molecule has 122 valence electrons. The van der Waals surface area contributed by atoms with Gasteiger partial charge in [-0.05, 0) is 31.2 Å². The summed E-state index contributed by atoms with van der Waals surface area (Å²) in [5, 5.41) is 4.44. The van der Waals surface area contributed by atoms with Gasteiger partial charge in [0.15, 0.2) is 5.82 Å². The lowest BCUT2D eigenvalue weighted by molar-refractivity contribution is 0.109. The van der Waals surface area contributed by atoms with Crippen molar-refractivity contribution in [1.82, 2.24) is 19.7 Å². The van der Waals surface area contributed by atoms with Crippen LogP contribution in [0.3, 0.4) is 0 Å². The van der Waals surface area contributed by atoms with E-state index in [2.05, 4.69) is 24.6 Å². The molecule has 3 heterocycles. The van der Waals surface area contributed by atoms with Crippen molar-refractivity contribution in [3.8, 4) is 0 Å². The highest BCUT2D eigenvalue weighted by Gasteiger charge is 2.27. The van der Waals surface area contributed by atoms with Crippen molar-refractivity contribution >= 4 is 5.95 Å². The van der Waals surface area contributed by atoms with Crippen LogP contribution in [0.1, 0.15) is 31.0 Å². The summed E-state index contributed by atoms with van der Waals surface area (Å²) in [6, 6.07) is 2.23. The van der Waals surface area contributed by atoms with E-state index in [1.165, 1.54) is 25.2 Å². The maximum Gasteiger partial charge on any atom is 0.225 e. The average Bonchev–Trinajstić information content (AvgIpc) is 3.26. The van der Waals surface area contributed by atoms with Crippen LogP contribution in [-0.4, -0.2) is 39.5 Å². The summed E-state index contributed by atoms with van der Waals surface area (Å²) in [5.41, 5.74) is 1.12. The maximum absolute atomic E-state index is 13.0. The van der Waals surface area contributed by atoms with Crippen molar-refractivity contribution in [2.45, 2.75) is 31.8 Å². The molecular formula is C16H20FN5O. The largest absolute Gasteiger partial charge is 0.381 e. The molecule has 0 amide bonds. The van der Waals surface area contributed by atoms with Crippen molar-refractivity contribution < 1.29 is 9.13 Å². The first-order valence-electron chi connectivity index (χ1n) is 8.12. The Labute approximate surface area is 134 Å². The number of hydrogen-bond donors (Lipinski definition) is 0. The minimum Gasteiger partial charge on any atom is -0.381 e. The van der Waals surface area contributed by atoms with Crippen LogP contribution in [0.5, 0.6) is 0 Å². The molecule has 0 unspecified atom stereocenters. The molecule has 2 aliphatic rings. The van der Waals surface area contributed by atoms with Gasteiger partial charge in [-0.3, -0.25) is 4.68 Å². The Balaban J connectivity index is 1.43. The molecule has 4 rings (SSSR count). The molecule has 6 nitrogen and oxygen atoms in total. The van der Waals surface area contributed by atoms with Crippen LogP contribution >= 0.6 is 0 Å². The number of nitrogens with zero attached hydrogens (tertiary/aromatic N) is 5. The molecule has 1 atom stereocenters. The Kier molecular flexibility index (Phi) is 3.95. The standard InChI is InChI=1S/C16H20FN5O/c17-13-7-18-16(19-8-13)21-9-14-3-5-20-22(14)15(10-21)4-6-23-11-12-1-2-12/h3,5,7-8,12,15H,1-2,4,6,9-11H2/t15-/m0/s1. The molecule has 1 aliphatic carbocycles. The molecule has 0 N–H and O–H groups in total. The number of halogens is 1. The maximum atomic E-state index is 13.0. The Hall–Kier alpha value is -2.02. The van der Waals surface area contributed by atoms with Crippen LogP contribution in [0.2, 0.25) is 0 Å². The summed E-state index contributed by atoms with van der Waals surface area (Å²) >= 11 is 0. The smallest absolute Gasteiger partial charge is 0.225 e. The minimum absolute atomic E-state index is 0.224. The first-order chi connectivity index (χ1) is 11.3. The molecule has 2 aromatic rings. The number of anilines is 1. The van der Waals surface area contributed by atoms with E-state index in [4.69, 9.17) is 4.74 Å². The Morgan fingerprint density at radius 1 is 1.26 bits per heavy atom. The van der Waals surface area contributed by atoms with Crippen molar-refractivity contribution in [2.24, 2.45) is 5.92 Å². The van der Waals surface area contributed by atoms with Gasteiger partial charge in [0.05, 0.1) is 30.7 Å². The molecule has 1 saturated carbocycles. The van der Waals surface area contributed by atoms with Crippen molar-refractivity contribution in [3.05, 3.63) is 36.2 Å². The molecule has 23 heavy (non-hydrogen) atoms. The van der Waals surface area contributed by atoms with E-state index in [0.717, 1.165) is 37.8 Å². The highest BCUT2D eigenvalue weighted by atomic mass is 19.1. The lowest BCUT2D eigenvalue weighted by atomic mass is 10.1. The molecule has 0 spiro atoms. The lowest BCUT2D eigenvalue weighted by Gasteiger charge is -2.33. The van der Waals surface area contributed by atoms with Gasteiger partial charge < -0.3 is 9.64 Å². The van der Waals surface area contributed by atoms with Gasteiger partial charge in [0.1, 0.15) is 0 Å². The van der Waals surface area contributed by atoms with E-state index in [1.54, 1.807) is 0 Å². The fraction of sp³-hybridized carbons (Fsp3) is 0.562. The van der Waals surface area contributed by atoms with Crippen LogP contribution < -0.4 is 4.90 Å². The van der Waals surface area contributed by atoms with E-state index >= 15 is 0 Å². The summed E-state index contributed by atoms with van der Waals surface area (Å²) in [4.78, 5) is 10.3. The SMILES string of the molecule is Fc1cnc(N2Cc3ccnn3[C@@H](CCOCC3CC3)C2)nc1. The van der Waals surface area contributed by atoms with Gasteiger partial charge in [-0.25, -0.2) is 14.4 Å². The molecule has 2 aromatic heterocycles. The van der Waals surface area contributed by atoms with Gasteiger partial charge in [0.25, 0.3) is 0 Å². The third kappa shape index (κ3) is 3.34. The van der Waals surface area contributed by atoms with Crippen LogP contribution in [0.15, 0.2) is 24.7 Å². The highest BCUT2D eigenvalue weighted by molar-refractivity contribution is 5.32. The quantitative estimate of drug-likeness (QED) is 0.765. The predicted octanol–water partition coefficient (Wildman–Crippen LogP) is 2.19. The van der Waals surface area contributed by atoms with Gasteiger partial charge >= 0.3 is 0 Å². The summed E-state index contributed by atoms with van der Waals surface area (Å²) in [7, 11) is 0. The second-order valence-electron chi connectivity index (χ2n) is 6.31. The molecule has 7 heteroatoms. The fourth-order valence-electron chi connectivity index (χ4n) is 2.98. The zero-order valence-corrected chi connectivity index (χ0v) is 12.9. The van der Waals surface area contributed by atoms with Crippen molar-refractivity contribution in [1.29, 1.82) is 0 Å². The van der Waals surface area contributed by atoms with Crippen molar-refractivity contribution in [3.63, 3.8) is 0 Å². The topological polar surface area (TPSA) is 56.1 Å². The van der Waals surface area contributed by atoms with Gasteiger partial charge in [-0.15, -0.1) is 0 Å². The fourth-order valence-corrected chi connectivity index (χ4v) is 2.98.